The minimum atomic E-state index is -0.916. The summed E-state index contributed by atoms with van der Waals surface area (Å²) in [6.45, 7) is 11.4. The Labute approximate surface area is 167 Å². The number of rotatable bonds is 3. The molecule has 0 aromatic heterocycles. The molecule has 0 radical (unpaired) electrons. The molecule has 2 N–H and O–H groups in total. The number of esters is 1. The van der Waals surface area contributed by atoms with Crippen LogP contribution in [0.15, 0.2) is 12.2 Å². The summed E-state index contributed by atoms with van der Waals surface area (Å²) in [5, 5.41) is 21.0. The molecule has 2 heterocycles. The van der Waals surface area contributed by atoms with Gasteiger partial charge in [-0.25, -0.2) is 0 Å². The molecular weight excluding hydrogens is 360 g/mol. The predicted octanol–water partition coefficient (Wildman–Crippen LogP) is 2.50. The maximum Gasteiger partial charge on any atom is 0.302 e. The predicted molar refractivity (Wildman–Crippen MR) is 103 cm³/mol. The third kappa shape index (κ3) is 2.87. The Balaban J connectivity index is 1.75. The Morgan fingerprint density at radius 2 is 2.04 bits per heavy atom. The average molecular weight is 395 g/mol. The third-order valence-corrected chi connectivity index (χ3v) is 7.93. The van der Waals surface area contributed by atoms with E-state index in [0.29, 0.717) is 12.8 Å². The van der Waals surface area contributed by atoms with Gasteiger partial charge in [0.2, 0.25) is 0 Å². The highest BCUT2D eigenvalue weighted by Gasteiger charge is 2.79. The molecule has 4 fully saturated rings. The van der Waals surface area contributed by atoms with Crippen LogP contribution in [0.25, 0.3) is 0 Å². The van der Waals surface area contributed by atoms with Crippen molar-refractivity contribution in [3.8, 4) is 0 Å². The first kappa shape index (κ1) is 20.3. The lowest BCUT2D eigenvalue weighted by atomic mass is 9.65. The quantitative estimate of drug-likeness (QED) is 0.434. The molecule has 0 unspecified atom stereocenters. The Bertz CT molecular complexity index is 683. The highest BCUT2D eigenvalue weighted by atomic mass is 16.6. The topological polar surface area (TPSA) is 91.8 Å². The molecule has 6 nitrogen and oxygen atoms in total. The molecule has 2 saturated heterocycles. The van der Waals surface area contributed by atoms with Crippen LogP contribution in [0.1, 0.15) is 66.2 Å². The average Bonchev–Trinajstić information content (AvgIpc) is 3.43. The second-order valence-electron chi connectivity index (χ2n) is 10.2. The van der Waals surface area contributed by atoms with Crippen LogP contribution in [0.3, 0.4) is 0 Å². The first-order chi connectivity index (χ1) is 13.0. The van der Waals surface area contributed by atoms with Gasteiger partial charge in [-0.3, -0.25) is 4.79 Å². The van der Waals surface area contributed by atoms with Crippen LogP contribution in [-0.2, 0) is 19.0 Å². The molecule has 0 bridgehead atoms. The maximum atomic E-state index is 11.9. The molecule has 7 atom stereocenters. The van der Waals surface area contributed by atoms with Crippen LogP contribution >= 0.6 is 0 Å². The molecule has 0 amide bonds. The number of hydrogen-bond acceptors (Lipinski definition) is 6. The van der Waals surface area contributed by atoms with E-state index in [9.17, 15) is 15.0 Å². The van der Waals surface area contributed by atoms with E-state index >= 15 is 0 Å². The molecule has 28 heavy (non-hydrogen) atoms. The van der Waals surface area contributed by atoms with E-state index in [0.717, 1.165) is 31.3 Å². The van der Waals surface area contributed by atoms with E-state index in [4.69, 9.17) is 14.2 Å². The molecule has 0 aromatic rings. The summed E-state index contributed by atoms with van der Waals surface area (Å²) >= 11 is 0. The fourth-order valence-electron chi connectivity index (χ4n) is 6.31. The molecule has 2 aliphatic carbocycles. The van der Waals surface area contributed by atoms with Crippen molar-refractivity contribution in [1.82, 2.24) is 0 Å². The van der Waals surface area contributed by atoms with E-state index in [1.165, 1.54) is 6.92 Å². The number of aliphatic hydroxyl groups excluding tert-OH is 1. The fourth-order valence-corrected chi connectivity index (χ4v) is 6.31. The largest absolute Gasteiger partial charge is 0.462 e. The Kier molecular flexibility index (Phi) is 4.55. The van der Waals surface area contributed by atoms with Crippen LogP contribution in [0, 0.1) is 11.3 Å². The summed E-state index contributed by atoms with van der Waals surface area (Å²) in [6, 6.07) is 0. The molecule has 158 valence electrons. The summed E-state index contributed by atoms with van der Waals surface area (Å²) in [4.78, 5) is 11.9. The van der Waals surface area contributed by atoms with Gasteiger partial charge in [0.25, 0.3) is 0 Å². The lowest BCUT2D eigenvalue weighted by Crippen LogP contribution is -2.52. The van der Waals surface area contributed by atoms with Crippen molar-refractivity contribution < 1.29 is 29.2 Å². The van der Waals surface area contributed by atoms with Gasteiger partial charge in [0, 0.05) is 31.1 Å². The number of ether oxygens (including phenoxy) is 3. The van der Waals surface area contributed by atoms with Gasteiger partial charge < -0.3 is 24.4 Å². The van der Waals surface area contributed by atoms with Crippen molar-refractivity contribution in [2.45, 2.75) is 101 Å². The van der Waals surface area contributed by atoms with Crippen molar-refractivity contribution in [2.24, 2.45) is 11.3 Å². The first-order valence-corrected chi connectivity index (χ1v) is 10.5. The lowest BCUT2D eigenvalue weighted by molar-refractivity contribution is -0.157. The number of fused-ring (bicyclic) bond motifs is 1. The fraction of sp³-hybridized carbons (Fsp3) is 0.864. The lowest BCUT2D eigenvalue weighted by Gasteiger charge is -2.41. The van der Waals surface area contributed by atoms with E-state index < -0.39 is 22.2 Å². The van der Waals surface area contributed by atoms with Gasteiger partial charge in [0.1, 0.15) is 17.3 Å². The number of carbonyl (C=O) groups excluding carboxylic acids is 1. The number of aliphatic hydroxyl groups is 2. The SMILES string of the molecule is C=C1CC[C@@H]2O[C@]2(CO)C[C@@H]2O[C@@]23[C@H](C(C)(C)O)CC[C@@]3(C)[C@H](OC(C)=O)C1. The van der Waals surface area contributed by atoms with Crippen LogP contribution < -0.4 is 0 Å². The molecule has 2 aliphatic heterocycles. The van der Waals surface area contributed by atoms with Crippen LogP contribution in [-0.4, -0.2) is 57.9 Å². The Hall–Kier alpha value is -0.950. The minimum Gasteiger partial charge on any atom is -0.462 e. The van der Waals surface area contributed by atoms with E-state index in [2.05, 4.69) is 13.5 Å². The van der Waals surface area contributed by atoms with Gasteiger partial charge in [0.15, 0.2) is 0 Å². The molecule has 6 heteroatoms. The van der Waals surface area contributed by atoms with Gasteiger partial charge in [-0.05, 0) is 39.5 Å². The smallest absolute Gasteiger partial charge is 0.302 e. The Morgan fingerprint density at radius 1 is 1.32 bits per heavy atom. The van der Waals surface area contributed by atoms with Crippen molar-refractivity contribution in [2.75, 3.05) is 6.61 Å². The summed E-state index contributed by atoms with van der Waals surface area (Å²) in [7, 11) is 0. The number of carbonyl (C=O) groups is 1. The zero-order valence-corrected chi connectivity index (χ0v) is 17.5. The van der Waals surface area contributed by atoms with Crippen molar-refractivity contribution in [3.05, 3.63) is 12.2 Å². The van der Waals surface area contributed by atoms with Crippen molar-refractivity contribution in [3.63, 3.8) is 0 Å². The van der Waals surface area contributed by atoms with Gasteiger partial charge in [-0.15, -0.1) is 0 Å². The molecule has 0 aromatic carbocycles. The maximum absolute atomic E-state index is 11.9. The van der Waals surface area contributed by atoms with Gasteiger partial charge in [-0.2, -0.15) is 0 Å². The standard InChI is InChI=1S/C22H34O6/c1-13-6-7-16-21(12-23,27-16)11-18-22(28-18)15(19(3,4)25)8-9-20(22,5)17(10-13)26-14(2)24/h15-18,23,25H,1,6-12H2,2-5H3/t15-,16-,17+,18-,20-,21-,22-/m0/s1. The monoisotopic (exact) mass is 394 g/mol. The zero-order valence-electron chi connectivity index (χ0n) is 17.5. The normalized spacial score (nSPS) is 48.0. The number of hydrogen-bond donors (Lipinski definition) is 2. The van der Waals surface area contributed by atoms with E-state index in [-0.39, 0.29) is 36.8 Å². The van der Waals surface area contributed by atoms with Crippen molar-refractivity contribution >= 4 is 5.97 Å². The molecule has 2 saturated carbocycles. The summed E-state index contributed by atoms with van der Waals surface area (Å²) in [5.74, 6) is -0.374. The summed E-state index contributed by atoms with van der Waals surface area (Å²) in [6.07, 6.45) is 3.94. The van der Waals surface area contributed by atoms with E-state index in [1.54, 1.807) is 0 Å². The highest BCUT2D eigenvalue weighted by Crippen LogP contribution is 2.70. The van der Waals surface area contributed by atoms with Crippen LogP contribution in [0.4, 0.5) is 0 Å². The van der Waals surface area contributed by atoms with E-state index in [1.807, 2.05) is 13.8 Å². The minimum absolute atomic E-state index is 0.00835. The first-order valence-electron chi connectivity index (χ1n) is 10.5. The highest BCUT2D eigenvalue weighted by molar-refractivity contribution is 5.66. The zero-order chi connectivity index (χ0) is 20.5. The summed E-state index contributed by atoms with van der Waals surface area (Å²) < 4.78 is 18.2. The second kappa shape index (κ2) is 6.27. The molecule has 1 spiro atoms. The number of epoxide rings is 2. The van der Waals surface area contributed by atoms with Crippen LogP contribution in [0.5, 0.6) is 0 Å². The molecule has 4 aliphatic rings. The third-order valence-electron chi connectivity index (χ3n) is 7.93. The van der Waals surface area contributed by atoms with Crippen molar-refractivity contribution in [1.29, 1.82) is 0 Å². The molecular formula is C22H34O6. The van der Waals surface area contributed by atoms with Crippen LogP contribution in [0.2, 0.25) is 0 Å². The van der Waals surface area contributed by atoms with Gasteiger partial charge >= 0.3 is 5.97 Å². The second-order valence-corrected chi connectivity index (χ2v) is 10.2. The molecule has 4 rings (SSSR count). The van der Waals surface area contributed by atoms with Gasteiger partial charge in [-0.1, -0.05) is 19.1 Å². The Morgan fingerprint density at radius 3 is 2.64 bits per heavy atom. The summed E-state index contributed by atoms with van der Waals surface area (Å²) in [5.41, 5.74) is -1.46. The van der Waals surface area contributed by atoms with Gasteiger partial charge in [0.05, 0.1) is 24.4 Å².